The van der Waals surface area contributed by atoms with E-state index in [1.807, 2.05) is 28.9 Å². The Morgan fingerprint density at radius 3 is 2.76 bits per heavy atom. The standard InChI is InChI=1S/C16H20ClN3O/c17-14-7-5-13(6-8-14)10-16(21)9-3-1-2-4-15(16)20-12-18-11-19-20/h5-8,11-12,15,21H,1-4,9-10H2/t15-,16-/m1/s1. The normalized spacial score (nSPS) is 26.5. The highest BCUT2D eigenvalue weighted by Gasteiger charge is 2.39. The van der Waals surface area contributed by atoms with Crippen LogP contribution in [0.1, 0.15) is 43.7 Å². The molecule has 1 N–H and O–H groups in total. The van der Waals surface area contributed by atoms with Gasteiger partial charge in [0.05, 0.1) is 11.6 Å². The van der Waals surface area contributed by atoms with E-state index < -0.39 is 5.60 Å². The third-order valence-corrected chi connectivity index (χ3v) is 4.64. The first kappa shape index (κ1) is 14.5. The Kier molecular flexibility index (Phi) is 4.27. The van der Waals surface area contributed by atoms with Crippen molar-refractivity contribution < 1.29 is 5.11 Å². The van der Waals surface area contributed by atoms with Crippen LogP contribution in [-0.4, -0.2) is 25.5 Å². The highest BCUT2D eigenvalue weighted by molar-refractivity contribution is 6.30. The van der Waals surface area contributed by atoms with Crippen molar-refractivity contribution in [1.82, 2.24) is 14.8 Å². The average molecular weight is 306 g/mol. The van der Waals surface area contributed by atoms with E-state index in [0.29, 0.717) is 6.42 Å². The summed E-state index contributed by atoms with van der Waals surface area (Å²) in [5.41, 5.74) is 0.326. The van der Waals surface area contributed by atoms with Gasteiger partial charge in [0.25, 0.3) is 0 Å². The van der Waals surface area contributed by atoms with Gasteiger partial charge in [-0.25, -0.2) is 9.67 Å². The van der Waals surface area contributed by atoms with E-state index in [1.165, 1.54) is 6.33 Å². The highest BCUT2D eigenvalue weighted by Crippen LogP contribution is 2.38. The SMILES string of the molecule is O[C@@]1(Cc2ccc(Cl)cc2)CCCCC[C@H]1n1cncn1. The van der Waals surface area contributed by atoms with Gasteiger partial charge in [-0.05, 0) is 30.5 Å². The zero-order chi connectivity index (χ0) is 14.7. The molecule has 112 valence electrons. The minimum atomic E-state index is -0.780. The van der Waals surface area contributed by atoms with E-state index in [0.717, 1.165) is 42.7 Å². The molecule has 1 saturated carbocycles. The lowest BCUT2D eigenvalue weighted by atomic mass is 9.83. The van der Waals surface area contributed by atoms with Crippen molar-refractivity contribution in [2.24, 2.45) is 0 Å². The molecule has 4 nitrogen and oxygen atoms in total. The molecule has 0 aliphatic heterocycles. The summed E-state index contributed by atoms with van der Waals surface area (Å²) >= 11 is 5.94. The number of halogens is 1. The average Bonchev–Trinajstić information content (AvgIpc) is 2.92. The van der Waals surface area contributed by atoms with E-state index in [1.54, 1.807) is 6.33 Å². The summed E-state index contributed by atoms with van der Waals surface area (Å²) in [6.45, 7) is 0. The Morgan fingerprint density at radius 2 is 2.05 bits per heavy atom. The summed E-state index contributed by atoms with van der Waals surface area (Å²) in [6, 6.07) is 7.72. The van der Waals surface area contributed by atoms with Gasteiger partial charge in [-0.1, -0.05) is 43.0 Å². The molecule has 1 heterocycles. The van der Waals surface area contributed by atoms with Crippen LogP contribution >= 0.6 is 11.6 Å². The van der Waals surface area contributed by atoms with Crippen molar-refractivity contribution in [2.75, 3.05) is 0 Å². The van der Waals surface area contributed by atoms with E-state index >= 15 is 0 Å². The van der Waals surface area contributed by atoms with Crippen molar-refractivity contribution >= 4 is 11.6 Å². The molecule has 1 aliphatic rings. The molecule has 1 fully saturated rings. The molecule has 3 rings (SSSR count). The van der Waals surface area contributed by atoms with Gasteiger partial charge in [-0.15, -0.1) is 0 Å². The minimum absolute atomic E-state index is 0.0156. The molecular formula is C16H20ClN3O. The third kappa shape index (κ3) is 3.27. The first-order valence-corrected chi connectivity index (χ1v) is 7.86. The van der Waals surface area contributed by atoms with Crippen LogP contribution in [0.4, 0.5) is 0 Å². The fourth-order valence-corrected chi connectivity index (χ4v) is 3.43. The molecule has 5 heteroatoms. The summed E-state index contributed by atoms with van der Waals surface area (Å²) in [5.74, 6) is 0. The number of benzene rings is 1. The lowest BCUT2D eigenvalue weighted by molar-refractivity contribution is -0.0227. The van der Waals surface area contributed by atoms with Crippen LogP contribution in [0.5, 0.6) is 0 Å². The van der Waals surface area contributed by atoms with E-state index in [4.69, 9.17) is 11.6 Å². The molecule has 0 bridgehead atoms. The lowest BCUT2D eigenvalue weighted by Gasteiger charge is -2.35. The summed E-state index contributed by atoms with van der Waals surface area (Å²) < 4.78 is 1.82. The summed E-state index contributed by atoms with van der Waals surface area (Å²) in [5, 5.41) is 16.3. The van der Waals surface area contributed by atoms with Crippen LogP contribution in [0.3, 0.4) is 0 Å². The van der Waals surface area contributed by atoms with Crippen molar-refractivity contribution in [2.45, 2.75) is 50.2 Å². The molecule has 2 aromatic rings. The molecule has 0 unspecified atom stereocenters. The zero-order valence-corrected chi connectivity index (χ0v) is 12.7. The van der Waals surface area contributed by atoms with Crippen LogP contribution in [0.25, 0.3) is 0 Å². The number of rotatable bonds is 3. The van der Waals surface area contributed by atoms with Gasteiger partial charge in [0, 0.05) is 11.4 Å². The molecule has 2 atom stereocenters. The van der Waals surface area contributed by atoms with Gasteiger partial charge in [0.2, 0.25) is 0 Å². The predicted octanol–water partition coefficient (Wildman–Crippen LogP) is 3.41. The smallest absolute Gasteiger partial charge is 0.137 e. The first-order chi connectivity index (χ1) is 10.2. The van der Waals surface area contributed by atoms with Gasteiger partial charge in [0.15, 0.2) is 0 Å². The number of hydrogen-bond acceptors (Lipinski definition) is 3. The second-order valence-electron chi connectivity index (χ2n) is 5.90. The number of nitrogens with zero attached hydrogens (tertiary/aromatic N) is 3. The van der Waals surface area contributed by atoms with E-state index in [9.17, 15) is 5.11 Å². The van der Waals surface area contributed by atoms with E-state index in [2.05, 4.69) is 10.1 Å². The van der Waals surface area contributed by atoms with Gasteiger partial charge >= 0.3 is 0 Å². The number of aromatic nitrogens is 3. The first-order valence-electron chi connectivity index (χ1n) is 7.48. The van der Waals surface area contributed by atoms with Gasteiger partial charge in [-0.2, -0.15) is 5.10 Å². The van der Waals surface area contributed by atoms with Crippen LogP contribution in [0.15, 0.2) is 36.9 Å². The maximum absolute atomic E-state index is 11.3. The molecule has 0 spiro atoms. The van der Waals surface area contributed by atoms with E-state index in [-0.39, 0.29) is 6.04 Å². The van der Waals surface area contributed by atoms with Gasteiger partial charge in [0.1, 0.15) is 12.7 Å². The van der Waals surface area contributed by atoms with Crippen LogP contribution in [-0.2, 0) is 6.42 Å². The third-order valence-electron chi connectivity index (χ3n) is 4.39. The Labute approximate surface area is 129 Å². The maximum Gasteiger partial charge on any atom is 0.137 e. The largest absolute Gasteiger partial charge is 0.387 e. The van der Waals surface area contributed by atoms with Crippen molar-refractivity contribution in [1.29, 1.82) is 0 Å². The summed E-state index contributed by atoms with van der Waals surface area (Å²) in [6.07, 6.45) is 8.93. The van der Waals surface area contributed by atoms with Crippen LogP contribution < -0.4 is 0 Å². The van der Waals surface area contributed by atoms with Crippen LogP contribution in [0, 0.1) is 0 Å². The molecule has 0 amide bonds. The molecule has 1 aliphatic carbocycles. The molecule has 0 radical (unpaired) electrons. The molecule has 21 heavy (non-hydrogen) atoms. The highest BCUT2D eigenvalue weighted by atomic mass is 35.5. The summed E-state index contributed by atoms with van der Waals surface area (Å²) in [4.78, 5) is 4.04. The lowest BCUT2D eigenvalue weighted by Crippen LogP contribution is -2.41. The zero-order valence-electron chi connectivity index (χ0n) is 12.0. The minimum Gasteiger partial charge on any atom is -0.387 e. The molecule has 1 aromatic carbocycles. The summed E-state index contributed by atoms with van der Waals surface area (Å²) in [7, 11) is 0. The Morgan fingerprint density at radius 1 is 1.24 bits per heavy atom. The quantitative estimate of drug-likeness (QED) is 0.884. The number of aliphatic hydroxyl groups is 1. The molecule has 0 saturated heterocycles. The van der Waals surface area contributed by atoms with Crippen molar-refractivity contribution in [3.05, 3.63) is 47.5 Å². The monoisotopic (exact) mass is 305 g/mol. The van der Waals surface area contributed by atoms with Gasteiger partial charge in [-0.3, -0.25) is 0 Å². The Bertz CT molecular complexity index is 570. The Hall–Kier alpha value is -1.39. The van der Waals surface area contributed by atoms with Crippen LogP contribution in [0.2, 0.25) is 5.02 Å². The topological polar surface area (TPSA) is 50.9 Å². The second kappa shape index (κ2) is 6.16. The predicted molar refractivity (Wildman–Crippen MR) is 82.2 cm³/mol. The van der Waals surface area contributed by atoms with Crippen molar-refractivity contribution in [3.8, 4) is 0 Å². The Balaban J connectivity index is 1.88. The molecule has 1 aromatic heterocycles. The van der Waals surface area contributed by atoms with Gasteiger partial charge < -0.3 is 5.11 Å². The fourth-order valence-electron chi connectivity index (χ4n) is 3.30. The molecular weight excluding hydrogens is 286 g/mol. The van der Waals surface area contributed by atoms with Crippen molar-refractivity contribution in [3.63, 3.8) is 0 Å². The number of hydrogen-bond donors (Lipinski definition) is 1. The maximum atomic E-state index is 11.3. The fraction of sp³-hybridized carbons (Fsp3) is 0.500. The second-order valence-corrected chi connectivity index (χ2v) is 6.33.